The van der Waals surface area contributed by atoms with Crippen LogP contribution in [0, 0.1) is 20.8 Å². The Morgan fingerprint density at radius 2 is 2.00 bits per heavy atom. The van der Waals surface area contributed by atoms with Gasteiger partial charge in [0, 0.05) is 29.2 Å². The average molecular weight is 340 g/mol. The van der Waals surface area contributed by atoms with Crippen molar-refractivity contribution >= 4 is 28.3 Å². The lowest BCUT2D eigenvalue weighted by Gasteiger charge is -2.09. The van der Waals surface area contributed by atoms with E-state index in [1.54, 1.807) is 20.1 Å². The van der Waals surface area contributed by atoms with Crippen LogP contribution in [0.2, 0.25) is 0 Å². The molecular weight excluding hydrogens is 320 g/mol. The fourth-order valence-electron chi connectivity index (χ4n) is 2.71. The highest BCUT2D eigenvalue weighted by Crippen LogP contribution is 2.34. The largest absolute Gasteiger partial charge is 0.496 e. The quantitative estimate of drug-likeness (QED) is 0.712. The van der Waals surface area contributed by atoms with E-state index in [1.165, 1.54) is 6.08 Å². The SMILES string of the molecule is COc1cc2oc(C)c(C)c2cc1/C(C)=C/C(=O)Nc1cc(C)on1. The molecule has 0 spiro atoms. The van der Waals surface area contributed by atoms with E-state index >= 15 is 0 Å². The van der Waals surface area contributed by atoms with Gasteiger partial charge in [0.25, 0.3) is 0 Å². The number of fused-ring (bicyclic) bond motifs is 1. The van der Waals surface area contributed by atoms with Crippen molar-refractivity contribution in [1.29, 1.82) is 0 Å². The number of hydrogen-bond donors (Lipinski definition) is 1. The van der Waals surface area contributed by atoms with Crippen LogP contribution >= 0.6 is 0 Å². The van der Waals surface area contributed by atoms with Gasteiger partial charge in [-0.25, -0.2) is 0 Å². The topological polar surface area (TPSA) is 77.5 Å². The fourth-order valence-corrected chi connectivity index (χ4v) is 2.71. The normalized spacial score (nSPS) is 11.8. The molecule has 3 rings (SSSR count). The summed E-state index contributed by atoms with van der Waals surface area (Å²) in [6, 6.07) is 5.49. The second-order valence-electron chi connectivity index (χ2n) is 5.97. The van der Waals surface area contributed by atoms with Crippen molar-refractivity contribution in [3.63, 3.8) is 0 Å². The highest BCUT2D eigenvalue weighted by atomic mass is 16.5. The second-order valence-corrected chi connectivity index (χ2v) is 5.97. The van der Waals surface area contributed by atoms with Crippen LogP contribution in [-0.2, 0) is 4.79 Å². The molecule has 6 heteroatoms. The Bertz CT molecular complexity index is 979. The minimum Gasteiger partial charge on any atom is -0.496 e. The van der Waals surface area contributed by atoms with Gasteiger partial charge in [-0.2, -0.15) is 0 Å². The lowest BCUT2D eigenvalue weighted by Crippen LogP contribution is -2.08. The lowest BCUT2D eigenvalue weighted by atomic mass is 10.0. The number of furan rings is 1. The molecule has 1 N–H and O–H groups in total. The number of allylic oxidation sites excluding steroid dienone is 1. The first-order chi connectivity index (χ1) is 11.9. The summed E-state index contributed by atoms with van der Waals surface area (Å²) in [4.78, 5) is 12.2. The first-order valence-electron chi connectivity index (χ1n) is 7.89. The summed E-state index contributed by atoms with van der Waals surface area (Å²) in [7, 11) is 1.60. The van der Waals surface area contributed by atoms with Gasteiger partial charge in [0.15, 0.2) is 5.82 Å². The summed E-state index contributed by atoms with van der Waals surface area (Å²) in [5.74, 6) is 2.26. The Kier molecular flexibility index (Phi) is 4.35. The molecule has 2 aromatic heterocycles. The van der Waals surface area contributed by atoms with Gasteiger partial charge in [-0.05, 0) is 44.9 Å². The van der Waals surface area contributed by atoms with Gasteiger partial charge < -0.3 is 19.0 Å². The predicted molar refractivity (Wildman–Crippen MR) is 95.8 cm³/mol. The Morgan fingerprint density at radius 1 is 1.24 bits per heavy atom. The molecule has 0 atom stereocenters. The Morgan fingerprint density at radius 3 is 2.64 bits per heavy atom. The monoisotopic (exact) mass is 340 g/mol. The van der Waals surface area contributed by atoms with E-state index in [-0.39, 0.29) is 5.91 Å². The number of aromatic nitrogens is 1. The molecule has 0 aliphatic rings. The zero-order chi connectivity index (χ0) is 18.1. The Labute approximate surface area is 145 Å². The van der Waals surface area contributed by atoms with Crippen LogP contribution in [0.25, 0.3) is 16.5 Å². The average Bonchev–Trinajstić information content (AvgIpc) is 3.09. The van der Waals surface area contributed by atoms with Crippen LogP contribution in [0.1, 0.15) is 29.6 Å². The van der Waals surface area contributed by atoms with Gasteiger partial charge in [0.1, 0.15) is 22.9 Å². The van der Waals surface area contributed by atoms with Gasteiger partial charge in [-0.3, -0.25) is 4.79 Å². The number of rotatable bonds is 4. The van der Waals surface area contributed by atoms with E-state index in [1.807, 2.05) is 32.9 Å². The van der Waals surface area contributed by atoms with Gasteiger partial charge in [0.05, 0.1) is 7.11 Å². The van der Waals surface area contributed by atoms with Crippen molar-refractivity contribution in [3.8, 4) is 5.75 Å². The van der Waals surface area contributed by atoms with Crippen molar-refractivity contribution in [1.82, 2.24) is 5.16 Å². The lowest BCUT2D eigenvalue weighted by molar-refractivity contribution is -0.111. The number of anilines is 1. The molecule has 1 aromatic carbocycles. The maximum absolute atomic E-state index is 12.2. The first-order valence-corrected chi connectivity index (χ1v) is 7.89. The predicted octanol–water partition coefficient (Wildman–Crippen LogP) is 4.40. The maximum Gasteiger partial charge on any atom is 0.249 e. The molecule has 3 aromatic rings. The van der Waals surface area contributed by atoms with E-state index in [0.29, 0.717) is 17.3 Å². The van der Waals surface area contributed by atoms with Gasteiger partial charge >= 0.3 is 0 Å². The summed E-state index contributed by atoms with van der Waals surface area (Å²) in [5, 5.41) is 7.43. The summed E-state index contributed by atoms with van der Waals surface area (Å²) in [5.41, 5.74) is 3.46. The zero-order valence-corrected chi connectivity index (χ0v) is 14.9. The van der Waals surface area contributed by atoms with Crippen LogP contribution in [0.5, 0.6) is 5.75 Å². The highest BCUT2D eigenvalue weighted by Gasteiger charge is 2.14. The number of carbonyl (C=O) groups is 1. The minimum atomic E-state index is -0.284. The molecule has 0 aliphatic carbocycles. The van der Waals surface area contributed by atoms with Gasteiger partial charge in [-0.15, -0.1) is 0 Å². The van der Waals surface area contributed by atoms with Crippen molar-refractivity contribution < 1.29 is 18.5 Å². The molecule has 0 aliphatic heterocycles. The van der Waals surface area contributed by atoms with Crippen molar-refractivity contribution in [2.45, 2.75) is 27.7 Å². The number of benzene rings is 1. The van der Waals surface area contributed by atoms with Gasteiger partial charge in [0.2, 0.25) is 5.91 Å². The maximum atomic E-state index is 12.2. The van der Waals surface area contributed by atoms with E-state index in [4.69, 9.17) is 13.7 Å². The van der Waals surface area contributed by atoms with E-state index < -0.39 is 0 Å². The highest BCUT2D eigenvalue weighted by molar-refractivity contribution is 6.04. The second kappa shape index (κ2) is 6.47. The molecule has 0 fully saturated rings. The summed E-state index contributed by atoms with van der Waals surface area (Å²) in [6.07, 6.45) is 1.51. The third-order valence-electron chi connectivity index (χ3n) is 4.15. The molecule has 1 amide bonds. The zero-order valence-electron chi connectivity index (χ0n) is 14.9. The minimum absolute atomic E-state index is 0.284. The molecule has 0 bridgehead atoms. The fraction of sp³-hybridized carbons (Fsp3) is 0.263. The Hall–Kier alpha value is -3.02. The molecule has 25 heavy (non-hydrogen) atoms. The number of amides is 1. The smallest absolute Gasteiger partial charge is 0.249 e. The number of methoxy groups -OCH3 is 1. The summed E-state index contributed by atoms with van der Waals surface area (Å²) < 4.78 is 16.1. The molecule has 130 valence electrons. The van der Waals surface area contributed by atoms with Crippen LogP contribution in [0.3, 0.4) is 0 Å². The number of carbonyl (C=O) groups excluding carboxylic acids is 1. The van der Waals surface area contributed by atoms with Crippen molar-refractivity contribution in [2.24, 2.45) is 0 Å². The molecule has 0 saturated heterocycles. The number of hydrogen-bond acceptors (Lipinski definition) is 5. The van der Waals surface area contributed by atoms with Crippen molar-refractivity contribution in [3.05, 3.63) is 46.9 Å². The molecule has 6 nitrogen and oxygen atoms in total. The van der Waals surface area contributed by atoms with Gasteiger partial charge in [-0.1, -0.05) is 5.16 Å². The van der Waals surface area contributed by atoms with E-state index in [0.717, 1.165) is 33.4 Å². The molecule has 0 unspecified atom stereocenters. The number of aryl methyl sites for hydroxylation is 3. The number of nitrogens with one attached hydrogen (secondary N) is 1. The van der Waals surface area contributed by atoms with Crippen LogP contribution in [0.15, 0.2) is 33.2 Å². The van der Waals surface area contributed by atoms with Crippen LogP contribution in [-0.4, -0.2) is 18.2 Å². The van der Waals surface area contributed by atoms with Crippen LogP contribution < -0.4 is 10.1 Å². The molecule has 0 radical (unpaired) electrons. The van der Waals surface area contributed by atoms with E-state index in [9.17, 15) is 4.79 Å². The molecular formula is C19H20N2O4. The standard InChI is InChI=1S/C19H20N2O4/c1-10(6-19(22)20-18-7-11(2)25-21-18)14-8-15-12(3)13(4)24-17(15)9-16(14)23-5/h6-9H,1-5H3,(H,20,21,22)/b10-6+. The molecule has 2 heterocycles. The number of ether oxygens (including phenoxy) is 1. The third-order valence-corrected chi connectivity index (χ3v) is 4.15. The van der Waals surface area contributed by atoms with Crippen LogP contribution in [0.4, 0.5) is 5.82 Å². The van der Waals surface area contributed by atoms with E-state index in [2.05, 4.69) is 10.5 Å². The molecule has 0 saturated carbocycles. The Balaban J connectivity index is 1.95. The van der Waals surface area contributed by atoms with Crippen molar-refractivity contribution in [2.75, 3.05) is 12.4 Å². The summed E-state index contributed by atoms with van der Waals surface area (Å²) >= 11 is 0. The first kappa shape index (κ1) is 16.8. The number of nitrogens with zero attached hydrogens (tertiary/aromatic N) is 1. The summed E-state index contributed by atoms with van der Waals surface area (Å²) in [6.45, 7) is 7.56. The third kappa shape index (κ3) is 3.28.